The monoisotopic (exact) mass is 257 g/mol. The summed E-state index contributed by atoms with van der Waals surface area (Å²) < 4.78 is 0. The Morgan fingerprint density at radius 3 is 2.79 bits per heavy atom. The Bertz CT molecular complexity index is 478. The Balaban J connectivity index is 1.85. The Kier molecular flexibility index (Phi) is 3.34. The third kappa shape index (κ3) is 2.28. The van der Waals surface area contributed by atoms with Crippen molar-refractivity contribution >= 4 is 5.82 Å². The lowest BCUT2D eigenvalue weighted by Crippen LogP contribution is -2.39. The van der Waals surface area contributed by atoms with Crippen LogP contribution in [0.1, 0.15) is 31.9 Å². The number of fused-ring (bicyclic) bond motifs is 2. The van der Waals surface area contributed by atoms with Crippen LogP contribution in [-0.2, 0) is 0 Å². The molecule has 0 aliphatic carbocycles. The Hall–Kier alpha value is -1.67. The van der Waals surface area contributed by atoms with Crippen LogP contribution in [0.3, 0.4) is 0 Å². The summed E-state index contributed by atoms with van der Waals surface area (Å²) in [5.41, 5.74) is 0.390. The highest BCUT2D eigenvalue weighted by Crippen LogP contribution is 2.33. The zero-order valence-corrected chi connectivity index (χ0v) is 11.3. The summed E-state index contributed by atoms with van der Waals surface area (Å²) in [6.45, 7) is 5.65. The number of aromatic nitrogens is 2. The van der Waals surface area contributed by atoms with Gasteiger partial charge in [-0.25, -0.2) is 9.97 Å². The molecule has 100 valence electrons. The van der Waals surface area contributed by atoms with Gasteiger partial charge in [0.1, 0.15) is 11.9 Å². The van der Waals surface area contributed by atoms with Crippen LogP contribution in [-0.4, -0.2) is 46.6 Å². The highest BCUT2D eigenvalue weighted by Gasteiger charge is 2.37. The lowest BCUT2D eigenvalue weighted by molar-refractivity contribution is 0.273. The number of hydrogen-bond acceptors (Lipinski definition) is 5. The van der Waals surface area contributed by atoms with Crippen molar-refractivity contribution in [1.82, 2.24) is 14.9 Å². The first kappa shape index (κ1) is 12.4. The second-order valence-corrected chi connectivity index (χ2v) is 5.35. The highest BCUT2D eigenvalue weighted by molar-refractivity contribution is 5.42. The minimum absolute atomic E-state index is 0.390. The highest BCUT2D eigenvalue weighted by atomic mass is 15.3. The molecule has 2 unspecified atom stereocenters. The third-order valence-electron chi connectivity index (χ3n) is 4.33. The smallest absolute Gasteiger partial charge is 0.158 e. The molecule has 2 fully saturated rings. The molecule has 5 heteroatoms. The first-order valence-corrected chi connectivity index (χ1v) is 7.04. The molecule has 1 aromatic heterocycles. The molecule has 0 amide bonds. The van der Waals surface area contributed by atoms with E-state index in [1.165, 1.54) is 25.8 Å². The van der Waals surface area contributed by atoms with Crippen molar-refractivity contribution in [2.45, 2.75) is 38.3 Å². The van der Waals surface area contributed by atoms with E-state index in [0.29, 0.717) is 17.8 Å². The maximum absolute atomic E-state index is 8.79. The van der Waals surface area contributed by atoms with Gasteiger partial charge in [0.25, 0.3) is 0 Å². The molecule has 2 aliphatic heterocycles. The van der Waals surface area contributed by atoms with E-state index in [4.69, 9.17) is 5.26 Å². The van der Waals surface area contributed by atoms with Gasteiger partial charge in [-0.15, -0.1) is 0 Å². The second-order valence-electron chi connectivity index (χ2n) is 5.35. The Morgan fingerprint density at radius 1 is 1.26 bits per heavy atom. The van der Waals surface area contributed by atoms with Gasteiger partial charge in [-0.3, -0.25) is 0 Å². The average molecular weight is 257 g/mol. The van der Waals surface area contributed by atoms with Crippen LogP contribution < -0.4 is 4.90 Å². The van der Waals surface area contributed by atoms with Crippen LogP contribution in [0, 0.1) is 11.3 Å². The van der Waals surface area contributed by atoms with Crippen LogP contribution in [0.4, 0.5) is 5.82 Å². The molecule has 0 spiro atoms. The van der Waals surface area contributed by atoms with Crippen LogP contribution in [0.5, 0.6) is 0 Å². The zero-order chi connectivity index (χ0) is 13.2. The van der Waals surface area contributed by atoms with Crippen molar-refractivity contribution < 1.29 is 0 Å². The van der Waals surface area contributed by atoms with E-state index >= 15 is 0 Å². The maximum atomic E-state index is 8.79. The number of anilines is 1. The maximum Gasteiger partial charge on any atom is 0.158 e. The molecule has 1 aromatic rings. The van der Waals surface area contributed by atoms with Gasteiger partial charge < -0.3 is 9.80 Å². The topological polar surface area (TPSA) is 56.0 Å². The van der Waals surface area contributed by atoms with E-state index in [1.807, 2.05) is 6.07 Å². The lowest BCUT2D eigenvalue weighted by atomic mass is 10.1. The number of hydrogen-bond donors (Lipinski definition) is 0. The van der Waals surface area contributed by atoms with Gasteiger partial charge in [-0.1, -0.05) is 6.92 Å². The number of likely N-dealkylation sites (tertiary alicyclic amines) is 1. The predicted octanol–water partition coefficient (Wildman–Crippen LogP) is 1.41. The summed E-state index contributed by atoms with van der Waals surface area (Å²) in [4.78, 5) is 13.5. The lowest BCUT2D eigenvalue weighted by Gasteiger charge is -2.29. The van der Waals surface area contributed by atoms with Gasteiger partial charge in [0.15, 0.2) is 5.69 Å². The fourth-order valence-electron chi connectivity index (χ4n) is 3.32. The first-order chi connectivity index (χ1) is 9.31. The molecule has 3 rings (SSSR count). The zero-order valence-electron chi connectivity index (χ0n) is 11.3. The Morgan fingerprint density at radius 2 is 2.11 bits per heavy atom. The number of rotatable bonds is 2. The fourth-order valence-corrected chi connectivity index (χ4v) is 3.32. The quantitative estimate of drug-likeness (QED) is 0.802. The van der Waals surface area contributed by atoms with Gasteiger partial charge in [0.05, 0.1) is 12.4 Å². The molecule has 0 saturated carbocycles. The minimum Gasteiger partial charge on any atom is -0.348 e. The van der Waals surface area contributed by atoms with Gasteiger partial charge in [0.2, 0.25) is 0 Å². The average Bonchev–Trinajstić information content (AvgIpc) is 2.74. The minimum atomic E-state index is 0.390. The van der Waals surface area contributed by atoms with Crippen LogP contribution in [0.25, 0.3) is 0 Å². The molecule has 2 saturated heterocycles. The second kappa shape index (κ2) is 5.14. The van der Waals surface area contributed by atoms with Crippen LogP contribution in [0.2, 0.25) is 0 Å². The summed E-state index contributed by atoms with van der Waals surface area (Å²) in [6, 6.07) is 3.16. The summed E-state index contributed by atoms with van der Waals surface area (Å²) in [5.74, 6) is 0.935. The summed E-state index contributed by atoms with van der Waals surface area (Å²) >= 11 is 0. The first-order valence-electron chi connectivity index (χ1n) is 7.04. The molecular weight excluding hydrogens is 238 g/mol. The van der Waals surface area contributed by atoms with E-state index in [2.05, 4.69) is 26.7 Å². The molecule has 5 nitrogen and oxygen atoms in total. The SMILES string of the molecule is CCN1CCC2CCC(C1)N2c1cnc(C#N)cn1. The third-order valence-corrected chi connectivity index (χ3v) is 4.33. The number of nitrogens with zero attached hydrogens (tertiary/aromatic N) is 5. The molecule has 2 atom stereocenters. The Labute approximate surface area is 113 Å². The molecule has 0 N–H and O–H groups in total. The van der Waals surface area contributed by atoms with Crippen molar-refractivity contribution in [2.75, 3.05) is 24.5 Å². The molecule has 3 heterocycles. The van der Waals surface area contributed by atoms with Gasteiger partial charge in [0, 0.05) is 25.2 Å². The van der Waals surface area contributed by atoms with Crippen LogP contribution in [0.15, 0.2) is 12.4 Å². The van der Waals surface area contributed by atoms with E-state index in [-0.39, 0.29) is 0 Å². The normalized spacial score (nSPS) is 27.1. The summed E-state index contributed by atoms with van der Waals surface area (Å²) in [6.07, 6.45) is 7.03. The van der Waals surface area contributed by atoms with E-state index < -0.39 is 0 Å². The predicted molar refractivity (Wildman–Crippen MR) is 72.8 cm³/mol. The molecule has 2 bridgehead atoms. The number of nitriles is 1. The van der Waals surface area contributed by atoms with Gasteiger partial charge >= 0.3 is 0 Å². The summed E-state index contributed by atoms with van der Waals surface area (Å²) in [5, 5.41) is 8.79. The molecule has 0 radical (unpaired) electrons. The van der Waals surface area contributed by atoms with E-state index in [9.17, 15) is 0 Å². The fraction of sp³-hybridized carbons (Fsp3) is 0.643. The van der Waals surface area contributed by atoms with Crippen molar-refractivity contribution in [3.8, 4) is 6.07 Å². The van der Waals surface area contributed by atoms with Gasteiger partial charge in [-0.05, 0) is 25.8 Å². The summed E-state index contributed by atoms with van der Waals surface area (Å²) in [7, 11) is 0. The van der Waals surface area contributed by atoms with Gasteiger partial charge in [-0.2, -0.15) is 5.26 Å². The largest absolute Gasteiger partial charge is 0.348 e. The molecule has 19 heavy (non-hydrogen) atoms. The van der Waals surface area contributed by atoms with Crippen molar-refractivity contribution in [3.05, 3.63) is 18.1 Å². The van der Waals surface area contributed by atoms with Crippen molar-refractivity contribution in [2.24, 2.45) is 0 Å². The number of likely N-dealkylation sites (N-methyl/N-ethyl adjacent to an activating group) is 1. The van der Waals surface area contributed by atoms with E-state index in [0.717, 1.165) is 18.9 Å². The van der Waals surface area contributed by atoms with Crippen molar-refractivity contribution in [1.29, 1.82) is 5.26 Å². The molecule has 2 aliphatic rings. The van der Waals surface area contributed by atoms with E-state index in [1.54, 1.807) is 12.4 Å². The van der Waals surface area contributed by atoms with Crippen LogP contribution >= 0.6 is 0 Å². The molecular formula is C14H19N5. The molecule has 0 aromatic carbocycles. The standard InChI is InChI=1S/C14H19N5/c1-2-18-6-5-12-3-4-13(10-18)19(12)14-9-16-11(7-15)8-17-14/h8-9,12-13H,2-6,10H2,1H3. The van der Waals surface area contributed by atoms with Crippen molar-refractivity contribution in [3.63, 3.8) is 0 Å².